The second kappa shape index (κ2) is 3.84. The van der Waals surface area contributed by atoms with Crippen molar-refractivity contribution in [1.82, 2.24) is 19.9 Å². The summed E-state index contributed by atoms with van der Waals surface area (Å²) >= 11 is 0. The standard InChI is InChI=1S/C11H14N4O/c1-8-2-4-15-10(6-8)13-14-11(15)9-7-16-5-3-12-9/h2,4,6,9,12H,3,5,7H2,1H3. The van der Waals surface area contributed by atoms with E-state index in [1.54, 1.807) is 0 Å². The number of nitrogens with one attached hydrogen (secondary N) is 1. The van der Waals surface area contributed by atoms with E-state index >= 15 is 0 Å². The molecule has 84 valence electrons. The lowest BCUT2D eigenvalue weighted by Gasteiger charge is -2.22. The lowest BCUT2D eigenvalue weighted by atomic mass is 10.2. The average molecular weight is 218 g/mol. The van der Waals surface area contributed by atoms with Crippen LogP contribution in [0.1, 0.15) is 17.4 Å². The quantitative estimate of drug-likeness (QED) is 0.765. The number of ether oxygens (including phenoxy) is 1. The van der Waals surface area contributed by atoms with Crippen molar-refractivity contribution in [3.63, 3.8) is 0 Å². The number of pyridine rings is 1. The highest BCUT2D eigenvalue weighted by atomic mass is 16.5. The van der Waals surface area contributed by atoms with E-state index in [1.807, 2.05) is 16.7 Å². The summed E-state index contributed by atoms with van der Waals surface area (Å²) in [4.78, 5) is 0. The van der Waals surface area contributed by atoms with Gasteiger partial charge in [0.25, 0.3) is 0 Å². The Hall–Kier alpha value is -1.46. The molecule has 2 aromatic heterocycles. The van der Waals surface area contributed by atoms with Gasteiger partial charge in [0, 0.05) is 12.7 Å². The van der Waals surface area contributed by atoms with Gasteiger partial charge in [-0.1, -0.05) is 0 Å². The summed E-state index contributed by atoms with van der Waals surface area (Å²) in [6, 6.07) is 4.23. The molecule has 1 fully saturated rings. The molecule has 1 aliphatic rings. The minimum Gasteiger partial charge on any atom is -0.378 e. The number of morpholine rings is 1. The molecule has 1 saturated heterocycles. The first-order valence-electron chi connectivity index (χ1n) is 5.47. The predicted octanol–water partition coefficient (Wildman–Crippen LogP) is 0.699. The van der Waals surface area contributed by atoms with Crippen LogP contribution in [-0.2, 0) is 4.74 Å². The zero-order valence-corrected chi connectivity index (χ0v) is 9.18. The van der Waals surface area contributed by atoms with Gasteiger partial charge in [0.15, 0.2) is 11.5 Å². The molecule has 0 saturated carbocycles. The number of aryl methyl sites for hydroxylation is 1. The fourth-order valence-electron chi connectivity index (χ4n) is 1.98. The van der Waals surface area contributed by atoms with E-state index in [2.05, 4.69) is 28.5 Å². The highest BCUT2D eigenvalue weighted by Crippen LogP contribution is 2.15. The van der Waals surface area contributed by atoms with Crippen molar-refractivity contribution in [3.8, 4) is 0 Å². The molecule has 5 nitrogen and oxygen atoms in total. The Morgan fingerprint density at radius 3 is 3.25 bits per heavy atom. The van der Waals surface area contributed by atoms with E-state index in [1.165, 1.54) is 5.56 Å². The van der Waals surface area contributed by atoms with Crippen LogP contribution in [0, 0.1) is 6.92 Å². The molecule has 1 aliphatic heterocycles. The van der Waals surface area contributed by atoms with Gasteiger partial charge in [-0.25, -0.2) is 0 Å². The normalized spacial score (nSPS) is 21.4. The predicted molar refractivity (Wildman–Crippen MR) is 59.3 cm³/mol. The molecule has 0 amide bonds. The van der Waals surface area contributed by atoms with Crippen LogP contribution in [0.25, 0.3) is 5.65 Å². The van der Waals surface area contributed by atoms with E-state index < -0.39 is 0 Å². The summed E-state index contributed by atoms with van der Waals surface area (Å²) in [5.41, 5.74) is 2.08. The molecule has 16 heavy (non-hydrogen) atoms. The molecule has 5 heteroatoms. The zero-order valence-electron chi connectivity index (χ0n) is 9.18. The topological polar surface area (TPSA) is 51.5 Å². The smallest absolute Gasteiger partial charge is 0.161 e. The molecule has 2 aromatic rings. The molecule has 3 heterocycles. The molecule has 3 rings (SSSR count). The van der Waals surface area contributed by atoms with Gasteiger partial charge in [-0.15, -0.1) is 10.2 Å². The molecular formula is C11H14N4O. The van der Waals surface area contributed by atoms with Gasteiger partial charge in [0.2, 0.25) is 0 Å². The molecule has 1 unspecified atom stereocenters. The van der Waals surface area contributed by atoms with Crippen molar-refractivity contribution in [1.29, 1.82) is 0 Å². The molecule has 0 aromatic carbocycles. The first-order chi connectivity index (χ1) is 7.84. The summed E-state index contributed by atoms with van der Waals surface area (Å²) < 4.78 is 7.45. The van der Waals surface area contributed by atoms with Gasteiger partial charge in [0.05, 0.1) is 19.3 Å². The maximum absolute atomic E-state index is 5.43. The van der Waals surface area contributed by atoms with Crippen molar-refractivity contribution in [3.05, 3.63) is 29.7 Å². The first kappa shape index (κ1) is 9.74. The van der Waals surface area contributed by atoms with Crippen LogP contribution >= 0.6 is 0 Å². The first-order valence-corrected chi connectivity index (χ1v) is 5.47. The summed E-state index contributed by atoms with van der Waals surface area (Å²) in [6.07, 6.45) is 2.01. The van der Waals surface area contributed by atoms with Gasteiger partial charge in [0.1, 0.15) is 0 Å². The minimum atomic E-state index is 0.145. The minimum absolute atomic E-state index is 0.145. The number of hydrogen-bond donors (Lipinski definition) is 1. The Balaban J connectivity index is 2.03. The SMILES string of the molecule is Cc1ccn2c(C3COCCN3)nnc2c1. The van der Waals surface area contributed by atoms with Gasteiger partial charge < -0.3 is 10.1 Å². The van der Waals surface area contributed by atoms with Crippen LogP contribution < -0.4 is 5.32 Å². The zero-order chi connectivity index (χ0) is 11.0. The Morgan fingerprint density at radius 2 is 2.44 bits per heavy atom. The van der Waals surface area contributed by atoms with E-state index in [0.717, 1.165) is 24.6 Å². The van der Waals surface area contributed by atoms with Crippen molar-refractivity contribution in [2.45, 2.75) is 13.0 Å². The van der Waals surface area contributed by atoms with Crippen molar-refractivity contribution in [2.75, 3.05) is 19.8 Å². The third-order valence-electron chi connectivity index (χ3n) is 2.83. The van der Waals surface area contributed by atoms with E-state index in [0.29, 0.717) is 6.61 Å². The Morgan fingerprint density at radius 1 is 1.50 bits per heavy atom. The van der Waals surface area contributed by atoms with Crippen molar-refractivity contribution < 1.29 is 4.74 Å². The number of nitrogens with zero attached hydrogens (tertiary/aromatic N) is 3. The van der Waals surface area contributed by atoms with Crippen LogP contribution in [0.5, 0.6) is 0 Å². The van der Waals surface area contributed by atoms with Crippen molar-refractivity contribution in [2.24, 2.45) is 0 Å². The summed E-state index contributed by atoms with van der Waals surface area (Å²) in [6.45, 7) is 4.35. The third kappa shape index (κ3) is 1.58. The lowest BCUT2D eigenvalue weighted by molar-refractivity contribution is 0.0739. The second-order valence-electron chi connectivity index (χ2n) is 4.07. The monoisotopic (exact) mass is 218 g/mol. The van der Waals surface area contributed by atoms with Gasteiger partial charge in [-0.3, -0.25) is 4.40 Å². The van der Waals surface area contributed by atoms with Crippen LogP contribution in [-0.4, -0.2) is 34.4 Å². The highest BCUT2D eigenvalue weighted by molar-refractivity contribution is 5.41. The van der Waals surface area contributed by atoms with Crippen LogP contribution in [0.15, 0.2) is 18.3 Å². The molecular weight excluding hydrogens is 204 g/mol. The molecule has 0 spiro atoms. The lowest BCUT2D eigenvalue weighted by Crippen LogP contribution is -2.35. The largest absolute Gasteiger partial charge is 0.378 e. The molecule has 0 radical (unpaired) electrons. The molecule has 1 atom stereocenters. The van der Waals surface area contributed by atoms with Crippen LogP contribution in [0.3, 0.4) is 0 Å². The van der Waals surface area contributed by atoms with E-state index in [4.69, 9.17) is 4.74 Å². The Kier molecular flexibility index (Phi) is 2.34. The van der Waals surface area contributed by atoms with Crippen LogP contribution in [0.4, 0.5) is 0 Å². The van der Waals surface area contributed by atoms with Gasteiger partial charge in [-0.2, -0.15) is 0 Å². The second-order valence-corrected chi connectivity index (χ2v) is 4.07. The van der Waals surface area contributed by atoms with E-state index in [9.17, 15) is 0 Å². The summed E-state index contributed by atoms with van der Waals surface area (Å²) in [7, 11) is 0. The summed E-state index contributed by atoms with van der Waals surface area (Å²) in [5, 5.41) is 11.8. The number of rotatable bonds is 1. The Labute approximate surface area is 93.4 Å². The molecule has 1 N–H and O–H groups in total. The third-order valence-corrected chi connectivity index (χ3v) is 2.83. The van der Waals surface area contributed by atoms with E-state index in [-0.39, 0.29) is 6.04 Å². The molecule has 0 bridgehead atoms. The summed E-state index contributed by atoms with van der Waals surface area (Å²) in [5.74, 6) is 0.926. The van der Waals surface area contributed by atoms with Gasteiger partial charge >= 0.3 is 0 Å². The molecule has 0 aliphatic carbocycles. The average Bonchev–Trinajstić information content (AvgIpc) is 2.73. The highest BCUT2D eigenvalue weighted by Gasteiger charge is 2.20. The Bertz CT molecular complexity index is 502. The number of fused-ring (bicyclic) bond motifs is 1. The maximum atomic E-state index is 5.43. The fourth-order valence-corrected chi connectivity index (χ4v) is 1.98. The fraction of sp³-hybridized carbons (Fsp3) is 0.455. The number of aromatic nitrogens is 3. The van der Waals surface area contributed by atoms with Gasteiger partial charge in [-0.05, 0) is 24.6 Å². The van der Waals surface area contributed by atoms with Crippen molar-refractivity contribution >= 4 is 5.65 Å². The maximum Gasteiger partial charge on any atom is 0.161 e. The number of hydrogen-bond acceptors (Lipinski definition) is 4. The van der Waals surface area contributed by atoms with Crippen LogP contribution in [0.2, 0.25) is 0 Å².